The van der Waals surface area contributed by atoms with Gasteiger partial charge >= 0.3 is 0 Å². The fourth-order valence-electron chi connectivity index (χ4n) is 2.45. The molecule has 3 rings (SSSR count). The summed E-state index contributed by atoms with van der Waals surface area (Å²) in [5.41, 5.74) is 8.97. The second-order valence-corrected chi connectivity index (χ2v) is 4.78. The molecule has 2 heterocycles. The summed E-state index contributed by atoms with van der Waals surface area (Å²) in [6.07, 6.45) is 4.31. The normalized spacial score (nSPS) is 16.2. The largest absolute Gasteiger partial charge is 0.367 e. The monoisotopic (exact) mass is 243 g/mol. The number of nitrogens with two attached hydrogens (primary N) is 1. The van der Waals surface area contributed by atoms with Gasteiger partial charge in [0.15, 0.2) is 0 Å². The van der Waals surface area contributed by atoms with Crippen molar-refractivity contribution in [2.75, 3.05) is 18.8 Å². The molecule has 4 nitrogen and oxygen atoms in total. The Labute approximate surface area is 106 Å². The van der Waals surface area contributed by atoms with Gasteiger partial charge in [-0.15, -0.1) is 0 Å². The molecule has 1 saturated heterocycles. The molecule has 0 radical (unpaired) electrons. The van der Waals surface area contributed by atoms with E-state index >= 15 is 0 Å². The summed E-state index contributed by atoms with van der Waals surface area (Å²) >= 11 is 0. The summed E-state index contributed by atoms with van der Waals surface area (Å²) < 4.78 is 4.88. The number of anilines is 1. The van der Waals surface area contributed by atoms with Gasteiger partial charge in [-0.05, 0) is 37.1 Å². The maximum Gasteiger partial charge on any atom is 0.229 e. The highest BCUT2D eigenvalue weighted by atomic mass is 16.5. The molecule has 4 heteroatoms. The molecule has 1 fully saturated rings. The van der Waals surface area contributed by atoms with E-state index in [1.54, 1.807) is 6.20 Å². The Morgan fingerprint density at radius 3 is 2.50 bits per heavy atom. The summed E-state index contributed by atoms with van der Waals surface area (Å²) in [5.74, 6) is 0.377. The lowest BCUT2D eigenvalue weighted by molar-refractivity contribution is 0.331. The highest BCUT2D eigenvalue weighted by Crippen LogP contribution is 2.25. The molecule has 2 aromatic rings. The number of nitrogen functional groups attached to an aromatic ring is 1. The molecule has 0 unspecified atom stereocenters. The fraction of sp³-hybridized carbons (Fsp3) is 0.357. The molecule has 1 aliphatic rings. The van der Waals surface area contributed by atoms with E-state index < -0.39 is 0 Å². The van der Waals surface area contributed by atoms with Gasteiger partial charge in [0.1, 0.15) is 0 Å². The van der Waals surface area contributed by atoms with Gasteiger partial charge in [0.25, 0.3) is 0 Å². The van der Waals surface area contributed by atoms with E-state index in [1.165, 1.54) is 31.5 Å². The predicted octanol–water partition coefficient (Wildman–Crippen LogP) is 2.52. The molecular weight excluding hydrogens is 226 g/mol. The van der Waals surface area contributed by atoms with Gasteiger partial charge in [0.2, 0.25) is 5.88 Å². The van der Waals surface area contributed by atoms with Crippen LogP contribution in [0.4, 0.5) is 5.88 Å². The molecule has 2 N–H and O–H groups in total. The van der Waals surface area contributed by atoms with E-state index in [1.807, 2.05) is 0 Å². The van der Waals surface area contributed by atoms with Crippen LogP contribution in [0.1, 0.15) is 18.4 Å². The molecule has 0 aliphatic carbocycles. The predicted molar refractivity (Wildman–Crippen MR) is 70.9 cm³/mol. The standard InChI is InChI=1S/C14H17N3O/c15-14-13(9-16-18-14)12-5-3-11(4-6-12)10-17-7-1-2-8-17/h3-6,9H,1-2,7-8,10,15H2. The third kappa shape index (κ3) is 2.24. The second-order valence-electron chi connectivity index (χ2n) is 4.78. The van der Waals surface area contributed by atoms with Crippen LogP contribution in [0.15, 0.2) is 35.0 Å². The van der Waals surface area contributed by atoms with Crippen LogP contribution in [0.25, 0.3) is 11.1 Å². The zero-order chi connectivity index (χ0) is 12.4. The van der Waals surface area contributed by atoms with Gasteiger partial charge in [0, 0.05) is 6.54 Å². The van der Waals surface area contributed by atoms with Crippen molar-refractivity contribution in [3.63, 3.8) is 0 Å². The van der Waals surface area contributed by atoms with E-state index in [2.05, 4.69) is 34.3 Å². The number of rotatable bonds is 3. The third-order valence-electron chi connectivity index (χ3n) is 3.47. The molecule has 1 aromatic carbocycles. The SMILES string of the molecule is Nc1oncc1-c1ccc(CN2CCCC2)cc1. The molecule has 0 amide bonds. The number of nitrogens with zero attached hydrogens (tertiary/aromatic N) is 2. The van der Waals surface area contributed by atoms with Crippen molar-refractivity contribution in [1.29, 1.82) is 0 Å². The van der Waals surface area contributed by atoms with Crippen LogP contribution in [0, 0.1) is 0 Å². The molecule has 1 aliphatic heterocycles. The molecule has 94 valence electrons. The van der Waals surface area contributed by atoms with E-state index in [4.69, 9.17) is 10.3 Å². The van der Waals surface area contributed by atoms with Crippen molar-refractivity contribution in [2.24, 2.45) is 0 Å². The van der Waals surface area contributed by atoms with Gasteiger partial charge in [-0.25, -0.2) is 0 Å². The quantitative estimate of drug-likeness (QED) is 0.900. The summed E-state index contributed by atoms with van der Waals surface area (Å²) in [5, 5.41) is 3.70. The topological polar surface area (TPSA) is 55.3 Å². The van der Waals surface area contributed by atoms with Crippen LogP contribution in [0.5, 0.6) is 0 Å². The first-order valence-electron chi connectivity index (χ1n) is 6.35. The summed E-state index contributed by atoms with van der Waals surface area (Å²) in [4.78, 5) is 2.49. The Kier molecular flexibility index (Phi) is 3.02. The number of aromatic nitrogens is 1. The first kappa shape index (κ1) is 11.3. The van der Waals surface area contributed by atoms with Gasteiger partial charge in [-0.2, -0.15) is 0 Å². The van der Waals surface area contributed by atoms with Crippen LogP contribution >= 0.6 is 0 Å². The molecular formula is C14H17N3O. The van der Waals surface area contributed by atoms with E-state index in [0.29, 0.717) is 5.88 Å². The zero-order valence-electron chi connectivity index (χ0n) is 10.3. The lowest BCUT2D eigenvalue weighted by Crippen LogP contribution is -2.18. The number of benzene rings is 1. The van der Waals surface area contributed by atoms with Gasteiger partial charge in [-0.1, -0.05) is 29.4 Å². The molecule has 0 atom stereocenters. The molecule has 0 spiro atoms. The highest BCUT2D eigenvalue weighted by molar-refractivity contribution is 5.71. The Morgan fingerprint density at radius 2 is 1.89 bits per heavy atom. The second kappa shape index (κ2) is 4.82. The first-order valence-corrected chi connectivity index (χ1v) is 6.35. The van der Waals surface area contributed by atoms with Crippen LogP contribution in [0.3, 0.4) is 0 Å². The van der Waals surface area contributed by atoms with E-state index in [9.17, 15) is 0 Å². The first-order chi connectivity index (χ1) is 8.83. The molecule has 1 aromatic heterocycles. The average molecular weight is 243 g/mol. The highest BCUT2D eigenvalue weighted by Gasteiger charge is 2.12. The van der Waals surface area contributed by atoms with Crippen LogP contribution < -0.4 is 5.73 Å². The van der Waals surface area contributed by atoms with Crippen molar-refractivity contribution >= 4 is 5.88 Å². The van der Waals surface area contributed by atoms with Crippen molar-refractivity contribution in [1.82, 2.24) is 10.1 Å². The smallest absolute Gasteiger partial charge is 0.229 e. The Balaban J connectivity index is 1.74. The maximum absolute atomic E-state index is 5.71. The minimum Gasteiger partial charge on any atom is -0.367 e. The van der Waals surface area contributed by atoms with Crippen molar-refractivity contribution in [3.8, 4) is 11.1 Å². The van der Waals surface area contributed by atoms with Crippen molar-refractivity contribution in [3.05, 3.63) is 36.0 Å². The number of hydrogen-bond donors (Lipinski definition) is 1. The van der Waals surface area contributed by atoms with Gasteiger partial charge < -0.3 is 10.3 Å². The van der Waals surface area contributed by atoms with Gasteiger partial charge in [-0.3, -0.25) is 4.90 Å². The minimum atomic E-state index is 0.377. The molecule has 0 bridgehead atoms. The Morgan fingerprint density at radius 1 is 1.17 bits per heavy atom. The third-order valence-corrected chi connectivity index (χ3v) is 3.47. The average Bonchev–Trinajstić information content (AvgIpc) is 3.02. The lowest BCUT2D eigenvalue weighted by Gasteiger charge is -2.14. The summed E-state index contributed by atoms with van der Waals surface area (Å²) in [6, 6.07) is 8.46. The lowest BCUT2D eigenvalue weighted by atomic mass is 10.1. The van der Waals surface area contributed by atoms with Crippen molar-refractivity contribution in [2.45, 2.75) is 19.4 Å². The number of hydrogen-bond acceptors (Lipinski definition) is 4. The maximum atomic E-state index is 5.71. The Hall–Kier alpha value is -1.81. The fourth-order valence-corrected chi connectivity index (χ4v) is 2.45. The summed E-state index contributed by atoms with van der Waals surface area (Å²) in [6.45, 7) is 3.49. The minimum absolute atomic E-state index is 0.377. The van der Waals surface area contributed by atoms with Crippen molar-refractivity contribution < 1.29 is 4.52 Å². The van der Waals surface area contributed by atoms with Crippen LogP contribution in [-0.4, -0.2) is 23.1 Å². The number of likely N-dealkylation sites (tertiary alicyclic amines) is 1. The zero-order valence-corrected chi connectivity index (χ0v) is 10.3. The molecule has 0 saturated carbocycles. The summed E-state index contributed by atoms with van der Waals surface area (Å²) in [7, 11) is 0. The Bertz CT molecular complexity index is 512. The van der Waals surface area contributed by atoms with Crippen LogP contribution in [-0.2, 0) is 6.54 Å². The van der Waals surface area contributed by atoms with Gasteiger partial charge in [0.05, 0.1) is 11.8 Å². The van der Waals surface area contributed by atoms with E-state index in [0.717, 1.165) is 17.7 Å². The van der Waals surface area contributed by atoms with Crippen LogP contribution in [0.2, 0.25) is 0 Å². The van der Waals surface area contributed by atoms with E-state index in [-0.39, 0.29) is 0 Å². The molecule has 18 heavy (non-hydrogen) atoms.